The molecule has 2 rings (SSSR count). The third-order valence-corrected chi connectivity index (χ3v) is 3.16. The number of thiocarbonyl (C=S) groups is 1. The fourth-order valence-electron chi connectivity index (χ4n) is 1.96. The fourth-order valence-corrected chi connectivity index (χ4v) is 2.38. The van der Waals surface area contributed by atoms with Gasteiger partial charge < -0.3 is 15.4 Å². The lowest BCUT2D eigenvalue weighted by molar-refractivity contribution is 0.233. The van der Waals surface area contributed by atoms with E-state index < -0.39 is 0 Å². The van der Waals surface area contributed by atoms with Crippen molar-refractivity contribution in [3.05, 3.63) is 24.3 Å². The summed E-state index contributed by atoms with van der Waals surface area (Å²) in [6.45, 7) is 4.53. The summed E-state index contributed by atoms with van der Waals surface area (Å²) >= 11 is 5.17. The minimum absolute atomic E-state index is 0.199. The highest BCUT2D eigenvalue weighted by atomic mass is 32.1. The molecule has 1 saturated heterocycles. The van der Waals surface area contributed by atoms with Crippen molar-refractivity contribution >= 4 is 29.0 Å². The van der Waals surface area contributed by atoms with E-state index >= 15 is 0 Å². The summed E-state index contributed by atoms with van der Waals surface area (Å²) in [5.41, 5.74) is 0.428. The first-order valence-corrected chi connectivity index (χ1v) is 6.37. The van der Waals surface area contributed by atoms with E-state index in [1.54, 1.807) is 19.2 Å². The molecular weight excluding hydrogens is 262 g/mol. The number of para-hydroxylation sites is 2. The topological polar surface area (TPSA) is 53.6 Å². The van der Waals surface area contributed by atoms with E-state index in [0.717, 1.165) is 0 Å². The van der Waals surface area contributed by atoms with Crippen molar-refractivity contribution in [1.29, 1.82) is 0 Å². The molecule has 5 nitrogen and oxygen atoms in total. The molecule has 1 heterocycles. The predicted octanol–water partition coefficient (Wildman–Crippen LogP) is 2.20. The average Bonchev–Trinajstić information content (AvgIpc) is 2.63. The van der Waals surface area contributed by atoms with Gasteiger partial charge in [-0.15, -0.1) is 0 Å². The monoisotopic (exact) mass is 279 g/mol. The van der Waals surface area contributed by atoms with E-state index in [1.807, 2.05) is 26.0 Å². The zero-order valence-electron chi connectivity index (χ0n) is 11.2. The molecule has 0 radical (unpaired) electrons. The number of benzene rings is 1. The molecular formula is C13H17N3O2S. The van der Waals surface area contributed by atoms with Crippen molar-refractivity contribution in [2.24, 2.45) is 0 Å². The van der Waals surface area contributed by atoms with Gasteiger partial charge in [-0.3, -0.25) is 4.90 Å². The molecule has 19 heavy (non-hydrogen) atoms. The zero-order chi connectivity index (χ0) is 14.0. The van der Waals surface area contributed by atoms with Crippen LogP contribution in [0.15, 0.2) is 24.3 Å². The molecule has 1 aliphatic heterocycles. The Morgan fingerprint density at radius 1 is 1.47 bits per heavy atom. The molecule has 1 aromatic carbocycles. The van der Waals surface area contributed by atoms with Gasteiger partial charge in [-0.2, -0.15) is 0 Å². The molecule has 0 aliphatic carbocycles. The number of anilines is 1. The van der Waals surface area contributed by atoms with Gasteiger partial charge in [0.15, 0.2) is 5.11 Å². The summed E-state index contributed by atoms with van der Waals surface area (Å²) in [7, 11) is 1.57. The summed E-state index contributed by atoms with van der Waals surface area (Å²) in [5, 5.41) is 6.35. The number of hydrogen-bond donors (Lipinski definition) is 2. The average molecular weight is 279 g/mol. The number of urea groups is 1. The summed E-state index contributed by atoms with van der Waals surface area (Å²) in [4.78, 5) is 13.7. The van der Waals surface area contributed by atoms with Gasteiger partial charge in [-0.05, 0) is 38.2 Å². The molecule has 0 bridgehead atoms. The van der Waals surface area contributed by atoms with Gasteiger partial charge >= 0.3 is 6.03 Å². The lowest BCUT2D eigenvalue weighted by Gasteiger charge is -2.18. The first-order chi connectivity index (χ1) is 8.93. The van der Waals surface area contributed by atoms with Gasteiger partial charge in [-0.25, -0.2) is 4.79 Å². The largest absolute Gasteiger partial charge is 0.495 e. The predicted molar refractivity (Wildman–Crippen MR) is 78.5 cm³/mol. The number of methoxy groups -OCH3 is 1. The second-order valence-electron chi connectivity index (χ2n) is 5.03. The van der Waals surface area contributed by atoms with Crippen molar-refractivity contribution in [3.8, 4) is 5.75 Å². The Kier molecular flexibility index (Phi) is 3.61. The van der Waals surface area contributed by atoms with Gasteiger partial charge in [0.1, 0.15) is 5.75 Å². The number of hydrogen-bond acceptors (Lipinski definition) is 3. The van der Waals surface area contributed by atoms with Gasteiger partial charge in [0.2, 0.25) is 0 Å². The van der Waals surface area contributed by atoms with E-state index in [0.29, 0.717) is 23.1 Å². The highest BCUT2D eigenvalue weighted by Gasteiger charge is 2.35. The maximum atomic E-state index is 12.2. The minimum Gasteiger partial charge on any atom is -0.495 e. The molecule has 1 fully saturated rings. The van der Waals surface area contributed by atoms with Crippen LogP contribution in [0.1, 0.15) is 13.8 Å². The maximum Gasteiger partial charge on any atom is 0.328 e. The van der Waals surface area contributed by atoms with Crippen LogP contribution in [0.25, 0.3) is 0 Å². The lowest BCUT2D eigenvalue weighted by atomic mass is 10.1. The second-order valence-corrected chi connectivity index (χ2v) is 5.42. The van der Waals surface area contributed by atoms with Crippen molar-refractivity contribution in [1.82, 2.24) is 10.2 Å². The molecule has 0 spiro atoms. The summed E-state index contributed by atoms with van der Waals surface area (Å²) in [6.07, 6.45) is 0. The summed E-state index contributed by atoms with van der Waals surface area (Å²) in [5.74, 6) is 0.619. The number of carbonyl (C=O) groups excluding carboxylic acids is 1. The summed E-state index contributed by atoms with van der Waals surface area (Å²) in [6, 6.07) is 7.00. The smallest absolute Gasteiger partial charge is 0.328 e. The van der Waals surface area contributed by atoms with Crippen LogP contribution in [0.5, 0.6) is 5.75 Å². The van der Waals surface area contributed by atoms with E-state index in [4.69, 9.17) is 17.0 Å². The highest BCUT2D eigenvalue weighted by Crippen LogP contribution is 2.24. The van der Waals surface area contributed by atoms with Crippen LogP contribution in [-0.4, -0.2) is 35.2 Å². The molecule has 2 N–H and O–H groups in total. The SMILES string of the molecule is COc1ccccc1NC(=O)N1CC(C)(C)NC1=S. The first-order valence-electron chi connectivity index (χ1n) is 5.96. The molecule has 0 atom stereocenters. The van der Waals surface area contributed by atoms with Gasteiger partial charge in [0.05, 0.1) is 24.9 Å². The molecule has 0 unspecified atom stereocenters. The number of rotatable bonds is 2. The van der Waals surface area contributed by atoms with Crippen LogP contribution in [0, 0.1) is 0 Å². The molecule has 1 aliphatic rings. The van der Waals surface area contributed by atoms with Crippen molar-refractivity contribution < 1.29 is 9.53 Å². The molecule has 2 amide bonds. The zero-order valence-corrected chi connectivity index (χ0v) is 12.0. The molecule has 0 aromatic heterocycles. The number of nitrogens with zero attached hydrogens (tertiary/aromatic N) is 1. The van der Waals surface area contributed by atoms with E-state index in [-0.39, 0.29) is 11.6 Å². The van der Waals surface area contributed by atoms with Crippen molar-refractivity contribution in [3.63, 3.8) is 0 Å². The van der Waals surface area contributed by atoms with Crippen LogP contribution < -0.4 is 15.4 Å². The standard InChI is InChI=1S/C13H17N3O2S/c1-13(2)8-16(12(19)15-13)11(17)14-9-6-4-5-7-10(9)18-3/h4-7H,8H2,1-3H3,(H,14,17)(H,15,19). The number of nitrogens with one attached hydrogen (secondary N) is 2. The minimum atomic E-state index is -0.257. The van der Waals surface area contributed by atoms with Gasteiger partial charge in [0.25, 0.3) is 0 Å². The molecule has 1 aromatic rings. The number of ether oxygens (including phenoxy) is 1. The van der Waals surface area contributed by atoms with Crippen LogP contribution in [0.3, 0.4) is 0 Å². The van der Waals surface area contributed by atoms with E-state index in [9.17, 15) is 4.79 Å². The fraction of sp³-hybridized carbons (Fsp3) is 0.385. The van der Waals surface area contributed by atoms with Crippen LogP contribution in [0.4, 0.5) is 10.5 Å². The first kappa shape index (κ1) is 13.6. The quantitative estimate of drug-likeness (QED) is 0.815. The number of amides is 2. The third-order valence-electron chi connectivity index (χ3n) is 2.84. The van der Waals surface area contributed by atoms with E-state index in [2.05, 4.69) is 10.6 Å². The normalized spacial score (nSPS) is 17.0. The van der Waals surface area contributed by atoms with Crippen LogP contribution >= 0.6 is 12.2 Å². The molecule has 102 valence electrons. The van der Waals surface area contributed by atoms with Gasteiger partial charge in [0, 0.05) is 0 Å². The maximum absolute atomic E-state index is 12.2. The highest BCUT2D eigenvalue weighted by molar-refractivity contribution is 7.80. The summed E-state index contributed by atoms with van der Waals surface area (Å²) < 4.78 is 5.19. The Bertz CT molecular complexity index is 516. The van der Waals surface area contributed by atoms with Crippen molar-refractivity contribution in [2.75, 3.05) is 19.0 Å². The van der Waals surface area contributed by atoms with Crippen LogP contribution in [-0.2, 0) is 0 Å². The molecule has 6 heteroatoms. The third kappa shape index (κ3) is 2.96. The Labute approximate surface area is 117 Å². The van der Waals surface area contributed by atoms with Crippen molar-refractivity contribution in [2.45, 2.75) is 19.4 Å². The van der Waals surface area contributed by atoms with Gasteiger partial charge in [-0.1, -0.05) is 12.1 Å². The Morgan fingerprint density at radius 2 is 2.16 bits per heavy atom. The Morgan fingerprint density at radius 3 is 2.74 bits per heavy atom. The molecule has 0 saturated carbocycles. The second kappa shape index (κ2) is 5.05. The number of carbonyl (C=O) groups is 1. The van der Waals surface area contributed by atoms with E-state index in [1.165, 1.54) is 4.90 Å². The Hall–Kier alpha value is -1.82. The van der Waals surface area contributed by atoms with Crippen LogP contribution in [0.2, 0.25) is 0 Å². The Balaban J connectivity index is 2.12. The lowest BCUT2D eigenvalue weighted by Crippen LogP contribution is -2.37.